The van der Waals surface area contributed by atoms with Crippen molar-refractivity contribution in [1.29, 1.82) is 0 Å². The highest BCUT2D eigenvalue weighted by atomic mass is 19.1. The first-order valence-electron chi connectivity index (χ1n) is 9.29. The molecule has 5 rings (SSSR count). The molecule has 144 valence electrons. The van der Waals surface area contributed by atoms with Gasteiger partial charge in [0.25, 0.3) is 5.56 Å². The highest BCUT2D eigenvalue weighted by Crippen LogP contribution is 2.48. The molecule has 7 heteroatoms. The van der Waals surface area contributed by atoms with Crippen molar-refractivity contribution in [3.63, 3.8) is 0 Å². The van der Waals surface area contributed by atoms with E-state index in [1.165, 1.54) is 10.6 Å². The van der Waals surface area contributed by atoms with E-state index in [9.17, 15) is 18.8 Å². The second kappa shape index (κ2) is 6.13. The zero-order valence-electron chi connectivity index (χ0n) is 15.5. The van der Waals surface area contributed by atoms with Crippen LogP contribution in [0.15, 0.2) is 63.7 Å². The van der Waals surface area contributed by atoms with Gasteiger partial charge in [0.1, 0.15) is 11.6 Å². The maximum atomic E-state index is 14.8. The molecule has 2 aliphatic rings. The summed E-state index contributed by atoms with van der Waals surface area (Å²) in [6.45, 7) is 2.07. The van der Waals surface area contributed by atoms with E-state index in [4.69, 9.17) is 0 Å². The Morgan fingerprint density at radius 1 is 1.00 bits per heavy atom. The summed E-state index contributed by atoms with van der Waals surface area (Å²) < 4.78 is 16.2. The number of rotatable bonds is 2. The second-order valence-electron chi connectivity index (χ2n) is 7.01. The van der Waals surface area contributed by atoms with E-state index >= 15 is 0 Å². The number of ketones is 1. The zero-order valence-corrected chi connectivity index (χ0v) is 15.5. The number of carbonyl (C=O) groups is 1. The highest BCUT2D eigenvalue weighted by molar-refractivity contribution is 6.23. The van der Waals surface area contributed by atoms with E-state index in [2.05, 4.69) is 10.3 Å². The van der Waals surface area contributed by atoms with Gasteiger partial charge in [-0.1, -0.05) is 42.5 Å². The van der Waals surface area contributed by atoms with Crippen LogP contribution in [0.25, 0.3) is 5.70 Å². The molecule has 1 aromatic heterocycles. The van der Waals surface area contributed by atoms with Crippen molar-refractivity contribution < 1.29 is 9.18 Å². The van der Waals surface area contributed by atoms with Crippen LogP contribution in [0.2, 0.25) is 0 Å². The van der Waals surface area contributed by atoms with Gasteiger partial charge in [-0.3, -0.25) is 19.1 Å². The SMILES string of the molecule is CCn1c2c(c(=O)[nH]c1=O)[C@@H](c1ccccc1F)C1=C(N2)c2ccccc2C1=O. The fourth-order valence-corrected chi connectivity index (χ4v) is 4.29. The summed E-state index contributed by atoms with van der Waals surface area (Å²) in [6, 6.07) is 13.2. The van der Waals surface area contributed by atoms with E-state index in [-0.39, 0.29) is 22.7 Å². The summed E-state index contributed by atoms with van der Waals surface area (Å²) in [4.78, 5) is 40.8. The molecule has 3 aromatic rings. The number of aromatic nitrogens is 2. The first kappa shape index (κ1) is 17.4. The van der Waals surface area contributed by atoms with Crippen molar-refractivity contribution in [2.24, 2.45) is 0 Å². The molecule has 2 aromatic carbocycles. The lowest BCUT2D eigenvalue weighted by molar-refractivity contribution is 0.103. The Morgan fingerprint density at radius 2 is 1.69 bits per heavy atom. The molecule has 0 unspecified atom stereocenters. The number of anilines is 1. The van der Waals surface area contributed by atoms with E-state index in [1.54, 1.807) is 43.3 Å². The van der Waals surface area contributed by atoms with E-state index < -0.39 is 23.0 Å². The molecule has 1 atom stereocenters. The van der Waals surface area contributed by atoms with Gasteiger partial charge < -0.3 is 5.32 Å². The number of allylic oxidation sites excluding steroid dienone is 1. The lowest BCUT2D eigenvalue weighted by atomic mass is 9.81. The van der Waals surface area contributed by atoms with Gasteiger partial charge in [-0.05, 0) is 13.0 Å². The fourth-order valence-electron chi connectivity index (χ4n) is 4.29. The minimum absolute atomic E-state index is 0.163. The van der Waals surface area contributed by atoms with Crippen LogP contribution in [-0.4, -0.2) is 15.3 Å². The summed E-state index contributed by atoms with van der Waals surface area (Å²) in [5.74, 6) is -1.41. The molecule has 6 nitrogen and oxygen atoms in total. The molecule has 29 heavy (non-hydrogen) atoms. The van der Waals surface area contributed by atoms with Crippen LogP contribution < -0.4 is 16.6 Å². The lowest BCUT2D eigenvalue weighted by Crippen LogP contribution is -2.38. The third-order valence-electron chi connectivity index (χ3n) is 5.54. The van der Waals surface area contributed by atoms with Crippen LogP contribution in [0.1, 0.15) is 39.9 Å². The van der Waals surface area contributed by atoms with Crippen molar-refractivity contribution >= 4 is 17.3 Å². The fraction of sp³-hybridized carbons (Fsp3) is 0.136. The first-order valence-corrected chi connectivity index (χ1v) is 9.29. The highest BCUT2D eigenvalue weighted by Gasteiger charge is 2.43. The van der Waals surface area contributed by atoms with Crippen LogP contribution in [0.3, 0.4) is 0 Å². The molecular weight excluding hydrogens is 373 g/mol. The Labute approximate surface area is 164 Å². The molecule has 0 fully saturated rings. The number of Topliss-reactive ketones (excluding diaryl/α,β-unsaturated/α-hetero) is 1. The van der Waals surface area contributed by atoms with Gasteiger partial charge in [-0.25, -0.2) is 9.18 Å². The molecular formula is C22H16FN3O3. The summed E-state index contributed by atoms with van der Waals surface area (Å²) in [5.41, 5.74) is 1.18. The predicted octanol–water partition coefficient (Wildman–Crippen LogP) is 2.86. The number of hydrogen-bond donors (Lipinski definition) is 2. The smallest absolute Gasteiger partial charge is 0.329 e. The molecule has 2 heterocycles. The van der Waals surface area contributed by atoms with Gasteiger partial charge in [0.2, 0.25) is 0 Å². The molecule has 2 N–H and O–H groups in total. The standard InChI is InChI=1S/C22H16FN3O3/c1-2-26-20-17(21(28)25-22(26)29)15(13-9-5-6-10-14(13)23)16-18(24-20)11-7-3-4-8-12(11)19(16)27/h3-10,15,24H,2H2,1H3,(H,25,28,29)/t15-/m0/s1. The summed E-state index contributed by atoms with van der Waals surface area (Å²) >= 11 is 0. The minimum Gasteiger partial charge on any atom is -0.340 e. The molecule has 0 bridgehead atoms. The number of H-pyrrole nitrogens is 1. The topological polar surface area (TPSA) is 84.0 Å². The average Bonchev–Trinajstić information content (AvgIpc) is 3.00. The second-order valence-corrected chi connectivity index (χ2v) is 7.01. The van der Waals surface area contributed by atoms with Crippen molar-refractivity contribution in [3.8, 4) is 0 Å². The van der Waals surface area contributed by atoms with Gasteiger partial charge >= 0.3 is 5.69 Å². The summed E-state index contributed by atoms with van der Waals surface area (Å²) in [6.07, 6.45) is 0. The quantitative estimate of drug-likeness (QED) is 0.706. The Kier molecular flexibility index (Phi) is 3.67. The normalized spacial score (nSPS) is 16.9. The Morgan fingerprint density at radius 3 is 2.41 bits per heavy atom. The number of hydrogen-bond acceptors (Lipinski definition) is 4. The van der Waals surface area contributed by atoms with Gasteiger partial charge in [0.05, 0.1) is 17.2 Å². The monoisotopic (exact) mass is 389 g/mol. The zero-order chi connectivity index (χ0) is 20.3. The number of halogens is 1. The molecule has 0 saturated heterocycles. The van der Waals surface area contributed by atoms with Gasteiger partial charge in [-0.15, -0.1) is 0 Å². The molecule has 0 spiro atoms. The number of aromatic amines is 1. The van der Waals surface area contributed by atoms with E-state index in [0.717, 1.165) is 0 Å². The first-order chi connectivity index (χ1) is 14.0. The van der Waals surface area contributed by atoms with Gasteiger partial charge in [0.15, 0.2) is 5.78 Å². The number of nitrogens with one attached hydrogen (secondary N) is 2. The molecule has 1 aliphatic carbocycles. The van der Waals surface area contributed by atoms with Gasteiger partial charge in [0, 0.05) is 28.8 Å². The number of nitrogens with zero attached hydrogens (tertiary/aromatic N) is 1. The summed E-state index contributed by atoms with van der Waals surface area (Å²) in [5, 5.41) is 3.15. The third-order valence-corrected chi connectivity index (χ3v) is 5.54. The molecule has 0 amide bonds. The van der Waals surface area contributed by atoms with Crippen LogP contribution in [0.4, 0.5) is 10.2 Å². The van der Waals surface area contributed by atoms with Gasteiger partial charge in [-0.2, -0.15) is 0 Å². The maximum Gasteiger partial charge on any atom is 0.329 e. The van der Waals surface area contributed by atoms with Crippen molar-refractivity contribution in [3.05, 3.63) is 103 Å². The molecule has 1 aliphatic heterocycles. The van der Waals surface area contributed by atoms with Crippen LogP contribution in [-0.2, 0) is 6.54 Å². The van der Waals surface area contributed by atoms with Crippen molar-refractivity contribution in [2.75, 3.05) is 5.32 Å². The third kappa shape index (κ3) is 2.30. The number of carbonyl (C=O) groups excluding carboxylic acids is 1. The Bertz CT molecular complexity index is 1350. The van der Waals surface area contributed by atoms with E-state index in [1.807, 2.05) is 6.07 Å². The largest absolute Gasteiger partial charge is 0.340 e. The molecule has 0 saturated carbocycles. The van der Waals surface area contributed by atoms with Crippen molar-refractivity contribution in [1.82, 2.24) is 9.55 Å². The minimum atomic E-state index is -0.926. The predicted molar refractivity (Wildman–Crippen MR) is 107 cm³/mol. The Balaban J connectivity index is 1.90. The van der Waals surface area contributed by atoms with Crippen LogP contribution >= 0.6 is 0 Å². The molecule has 0 radical (unpaired) electrons. The Hall–Kier alpha value is -3.74. The average molecular weight is 389 g/mol. The van der Waals surface area contributed by atoms with E-state index in [0.29, 0.717) is 28.9 Å². The number of benzene rings is 2. The van der Waals surface area contributed by atoms with Crippen molar-refractivity contribution in [2.45, 2.75) is 19.4 Å². The lowest BCUT2D eigenvalue weighted by Gasteiger charge is -2.29. The van der Waals surface area contributed by atoms with Crippen LogP contribution in [0, 0.1) is 5.82 Å². The number of fused-ring (bicyclic) bond motifs is 3. The van der Waals surface area contributed by atoms with Crippen LogP contribution in [0.5, 0.6) is 0 Å². The summed E-state index contributed by atoms with van der Waals surface area (Å²) in [7, 11) is 0. The maximum absolute atomic E-state index is 14.8.